The minimum atomic E-state index is -0.388. The average Bonchev–Trinajstić information content (AvgIpc) is 2.53. The van der Waals surface area contributed by atoms with Crippen molar-refractivity contribution < 1.29 is 9.53 Å². The molecule has 2 unspecified atom stereocenters. The van der Waals surface area contributed by atoms with Crippen LogP contribution in [0.25, 0.3) is 0 Å². The summed E-state index contributed by atoms with van der Waals surface area (Å²) in [5.41, 5.74) is 7.23. The molecule has 1 rings (SSSR count). The highest BCUT2D eigenvalue weighted by Crippen LogP contribution is 2.13. The van der Waals surface area contributed by atoms with Gasteiger partial charge in [-0.2, -0.15) is 0 Å². The maximum atomic E-state index is 12.2. The molecule has 118 valence electrons. The van der Waals surface area contributed by atoms with Crippen LogP contribution in [0.15, 0.2) is 24.3 Å². The van der Waals surface area contributed by atoms with Crippen LogP contribution in [0.4, 0.5) is 0 Å². The molecule has 0 aliphatic rings. The maximum Gasteiger partial charge on any atom is 0.239 e. The molecule has 0 aliphatic carbocycles. The predicted octanol–water partition coefficient (Wildman–Crippen LogP) is 2.46. The maximum absolute atomic E-state index is 12.2. The Balaban J connectivity index is 2.38. The Bertz CT molecular complexity index is 431. The third-order valence-corrected chi connectivity index (χ3v) is 4.04. The molecular formula is C17H28N2O2. The van der Waals surface area contributed by atoms with Crippen LogP contribution in [0.1, 0.15) is 32.3 Å². The molecule has 1 aromatic carbocycles. The second-order valence-corrected chi connectivity index (χ2v) is 5.62. The highest BCUT2D eigenvalue weighted by molar-refractivity contribution is 5.81. The van der Waals surface area contributed by atoms with E-state index in [1.54, 1.807) is 12.0 Å². The van der Waals surface area contributed by atoms with E-state index in [4.69, 9.17) is 10.5 Å². The molecule has 0 heterocycles. The fraction of sp³-hybridized carbons (Fsp3) is 0.588. The summed E-state index contributed by atoms with van der Waals surface area (Å²) in [7, 11) is 3.49. The van der Waals surface area contributed by atoms with Gasteiger partial charge in [0.15, 0.2) is 0 Å². The lowest BCUT2D eigenvalue weighted by Crippen LogP contribution is -2.45. The number of hydrogen-bond donors (Lipinski definition) is 1. The number of benzene rings is 1. The Labute approximate surface area is 128 Å². The molecule has 0 saturated carbocycles. The van der Waals surface area contributed by atoms with Crippen molar-refractivity contribution in [1.29, 1.82) is 0 Å². The van der Waals surface area contributed by atoms with Crippen LogP contribution in [0.5, 0.6) is 5.75 Å². The van der Waals surface area contributed by atoms with Gasteiger partial charge in [-0.25, -0.2) is 0 Å². The highest BCUT2D eigenvalue weighted by Gasteiger charge is 2.22. The molecule has 21 heavy (non-hydrogen) atoms. The van der Waals surface area contributed by atoms with Gasteiger partial charge >= 0.3 is 0 Å². The van der Waals surface area contributed by atoms with E-state index in [0.717, 1.165) is 31.6 Å². The number of rotatable bonds is 8. The van der Waals surface area contributed by atoms with E-state index in [0.29, 0.717) is 0 Å². The van der Waals surface area contributed by atoms with Crippen molar-refractivity contribution >= 4 is 5.91 Å². The van der Waals surface area contributed by atoms with Crippen molar-refractivity contribution in [3.05, 3.63) is 29.8 Å². The summed E-state index contributed by atoms with van der Waals surface area (Å²) in [6.07, 6.45) is 2.80. The number of aryl methyl sites for hydroxylation is 1. The zero-order valence-corrected chi connectivity index (χ0v) is 13.6. The standard InChI is InChI=1S/C17H28N2O2/c1-5-13(2)16(18)17(20)19(3)12-6-7-14-8-10-15(21-4)11-9-14/h8-11,13,16H,5-7,12,18H2,1-4H3. The van der Waals surface area contributed by atoms with Crippen molar-refractivity contribution in [1.82, 2.24) is 4.90 Å². The third-order valence-electron chi connectivity index (χ3n) is 4.04. The summed E-state index contributed by atoms with van der Waals surface area (Å²) in [5, 5.41) is 0. The Morgan fingerprint density at radius 1 is 1.33 bits per heavy atom. The molecule has 4 nitrogen and oxygen atoms in total. The molecule has 0 radical (unpaired) electrons. The molecule has 2 N–H and O–H groups in total. The van der Waals surface area contributed by atoms with Crippen molar-refractivity contribution in [2.45, 2.75) is 39.2 Å². The number of methoxy groups -OCH3 is 1. The number of carbonyl (C=O) groups excluding carboxylic acids is 1. The normalized spacial score (nSPS) is 13.6. The Hall–Kier alpha value is -1.55. The topological polar surface area (TPSA) is 55.6 Å². The molecule has 0 spiro atoms. The number of carbonyl (C=O) groups is 1. The molecular weight excluding hydrogens is 264 g/mol. The molecule has 2 atom stereocenters. The molecule has 0 saturated heterocycles. The molecule has 1 amide bonds. The lowest BCUT2D eigenvalue weighted by molar-refractivity contribution is -0.132. The second kappa shape index (κ2) is 8.67. The van der Waals surface area contributed by atoms with E-state index < -0.39 is 0 Å². The molecule has 4 heteroatoms. The summed E-state index contributed by atoms with van der Waals surface area (Å²) in [4.78, 5) is 13.9. The van der Waals surface area contributed by atoms with Crippen LogP contribution in [-0.2, 0) is 11.2 Å². The zero-order chi connectivity index (χ0) is 15.8. The summed E-state index contributed by atoms with van der Waals surface area (Å²) >= 11 is 0. The largest absolute Gasteiger partial charge is 0.497 e. The van der Waals surface area contributed by atoms with Gasteiger partial charge in [0, 0.05) is 13.6 Å². The first-order chi connectivity index (χ1) is 9.99. The number of amides is 1. The minimum absolute atomic E-state index is 0.0408. The Kier molecular flexibility index (Phi) is 7.23. The van der Waals surface area contributed by atoms with Crippen molar-refractivity contribution in [3.63, 3.8) is 0 Å². The van der Waals surface area contributed by atoms with Gasteiger partial charge in [-0.3, -0.25) is 4.79 Å². The molecule has 0 aromatic heterocycles. The van der Waals surface area contributed by atoms with Crippen LogP contribution in [0.2, 0.25) is 0 Å². The molecule has 1 aromatic rings. The van der Waals surface area contributed by atoms with Gasteiger partial charge in [0.25, 0.3) is 0 Å². The van der Waals surface area contributed by atoms with Gasteiger partial charge in [-0.1, -0.05) is 32.4 Å². The zero-order valence-electron chi connectivity index (χ0n) is 13.6. The second-order valence-electron chi connectivity index (χ2n) is 5.62. The van der Waals surface area contributed by atoms with Crippen LogP contribution < -0.4 is 10.5 Å². The van der Waals surface area contributed by atoms with Crippen LogP contribution >= 0.6 is 0 Å². The van der Waals surface area contributed by atoms with Crippen molar-refractivity contribution in [3.8, 4) is 5.75 Å². The minimum Gasteiger partial charge on any atom is -0.497 e. The van der Waals surface area contributed by atoms with Crippen LogP contribution in [0.3, 0.4) is 0 Å². The third kappa shape index (κ3) is 5.38. The predicted molar refractivity (Wildman–Crippen MR) is 86.4 cm³/mol. The number of ether oxygens (including phenoxy) is 1. The van der Waals surface area contributed by atoms with Gasteiger partial charge in [0.2, 0.25) is 5.91 Å². The number of hydrogen-bond acceptors (Lipinski definition) is 3. The van der Waals surface area contributed by atoms with Gasteiger partial charge in [0.05, 0.1) is 13.2 Å². The number of likely N-dealkylation sites (N-methyl/N-ethyl adjacent to an activating group) is 1. The smallest absolute Gasteiger partial charge is 0.239 e. The molecule has 0 aliphatic heterocycles. The SMILES string of the molecule is CCC(C)C(N)C(=O)N(C)CCCc1ccc(OC)cc1. The van der Waals surface area contributed by atoms with E-state index in [-0.39, 0.29) is 17.9 Å². The van der Waals surface area contributed by atoms with E-state index in [9.17, 15) is 4.79 Å². The molecule has 0 bridgehead atoms. The van der Waals surface area contributed by atoms with Crippen molar-refractivity contribution in [2.24, 2.45) is 11.7 Å². The van der Waals surface area contributed by atoms with Crippen LogP contribution in [0, 0.1) is 5.92 Å². The fourth-order valence-corrected chi connectivity index (χ4v) is 2.17. The van der Waals surface area contributed by atoms with E-state index >= 15 is 0 Å². The van der Waals surface area contributed by atoms with Gasteiger partial charge in [-0.05, 0) is 36.5 Å². The number of nitrogens with zero attached hydrogens (tertiary/aromatic N) is 1. The lowest BCUT2D eigenvalue weighted by Gasteiger charge is -2.24. The quantitative estimate of drug-likeness (QED) is 0.801. The Morgan fingerprint density at radius 3 is 2.48 bits per heavy atom. The molecule has 0 fully saturated rings. The summed E-state index contributed by atoms with van der Waals surface area (Å²) < 4.78 is 5.14. The summed E-state index contributed by atoms with van der Waals surface area (Å²) in [5.74, 6) is 1.13. The van der Waals surface area contributed by atoms with Gasteiger partial charge in [0.1, 0.15) is 5.75 Å². The van der Waals surface area contributed by atoms with E-state index in [1.807, 2.05) is 26.1 Å². The average molecular weight is 292 g/mol. The summed E-state index contributed by atoms with van der Waals surface area (Å²) in [6, 6.07) is 7.66. The van der Waals surface area contributed by atoms with E-state index in [1.165, 1.54) is 5.56 Å². The van der Waals surface area contributed by atoms with Gasteiger partial charge < -0.3 is 15.4 Å². The highest BCUT2D eigenvalue weighted by atomic mass is 16.5. The fourth-order valence-electron chi connectivity index (χ4n) is 2.17. The Morgan fingerprint density at radius 2 is 1.95 bits per heavy atom. The first kappa shape index (κ1) is 17.5. The monoisotopic (exact) mass is 292 g/mol. The van der Waals surface area contributed by atoms with Crippen molar-refractivity contribution in [2.75, 3.05) is 20.7 Å². The lowest BCUT2D eigenvalue weighted by atomic mass is 9.99. The van der Waals surface area contributed by atoms with Gasteiger partial charge in [-0.15, -0.1) is 0 Å². The summed E-state index contributed by atoms with van der Waals surface area (Å²) in [6.45, 7) is 4.81. The van der Waals surface area contributed by atoms with Crippen LogP contribution in [-0.4, -0.2) is 37.6 Å². The number of nitrogens with two attached hydrogens (primary N) is 1. The first-order valence-corrected chi connectivity index (χ1v) is 7.63. The van der Waals surface area contributed by atoms with E-state index in [2.05, 4.69) is 19.1 Å². The first-order valence-electron chi connectivity index (χ1n) is 7.63.